The Morgan fingerprint density at radius 1 is 0.0870 bits per heavy atom. The smallest absolute Gasteiger partial charge is 2.00 e. The molecule has 0 heterocycles. The molecule has 0 aliphatic carbocycles. The van der Waals surface area contributed by atoms with Gasteiger partial charge in [0.1, 0.15) is 0 Å². The Hall–Kier alpha value is 7.29. The van der Waals surface area contributed by atoms with E-state index in [1.165, 1.54) is 0 Å². The van der Waals surface area contributed by atoms with Crippen molar-refractivity contribution in [2.75, 3.05) is 0 Å². The summed E-state index contributed by atoms with van der Waals surface area (Å²) in [7, 11) is 0. The van der Waals surface area contributed by atoms with E-state index in [1.807, 2.05) is 0 Å². The zero-order valence-corrected chi connectivity index (χ0v) is 79.0. The molecule has 0 aromatic rings. The van der Waals surface area contributed by atoms with Crippen molar-refractivity contribution in [2.24, 2.45) is 0 Å². The summed E-state index contributed by atoms with van der Waals surface area (Å²) >= 11 is 0. The van der Waals surface area contributed by atoms with Gasteiger partial charge in [-0.25, -0.2) is 0 Å². The fourth-order valence-corrected chi connectivity index (χ4v) is 0. The Kier molecular flexibility index (Phi) is 1040. The van der Waals surface area contributed by atoms with Crippen LogP contribution in [0.15, 0.2) is 0 Å². The largest absolute Gasteiger partial charge is 4.00 e. The van der Waals surface area contributed by atoms with Crippen LogP contribution in [0.1, 0.15) is 222 Å². The molecule has 0 amide bonds. The molecule has 0 aliphatic heterocycles. The van der Waals surface area contributed by atoms with Crippen molar-refractivity contribution in [2.45, 2.75) is 319 Å². The van der Waals surface area contributed by atoms with Crippen molar-refractivity contribution < 1.29 is 430 Å². The molecule has 0 fully saturated rings. The molecule has 0 N–H and O–H groups in total. The van der Waals surface area contributed by atoms with Gasteiger partial charge in [-0.15, -0.1) is 97.7 Å². The summed E-state index contributed by atoms with van der Waals surface area (Å²) in [6, 6.07) is 0. The summed E-state index contributed by atoms with van der Waals surface area (Å²) < 4.78 is 0. The normalized spacial score (nSPS) is 6.26. The minimum absolute atomic E-state index is 0. The van der Waals surface area contributed by atoms with Crippen molar-refractivity contribution in [1.29, 1.82) is 0 Å². The van der Waals surface area contributed by atoms with Crippen LogP contribution in [0.3, 0.4) is 0 Å². The van der Waals surface area contributed by atoms with E-state index in [0.717, 1.165) is 0 Å². The summed E-state index contributed by atoms with van der Waals surface area (Å²) in [6.45, 7) is 51.6. The molecule has 44 heteroatoms. The van der Waals surface area contributed by atoms with Crippen LogP contribution in [0.5, 0.6) is 0 Å². The predicted molar refractivity (Wildman–Crippen MR) is 253 cm³/mol. The molecule has 0 saturated heterocycles. The molecule has 0 aromatic carbocycles. The third kappa shape index (κ3) is 17000. The first-order chi connectivity index (χ1) is 27.7. The standard InChI is InChI=1S/16C3H7O.16O.12Ti/c16*1-3(2)4;;;;;;;;;;;;;;;;;;;;;;;;;;;;/h16*3H,1-2H3;;;;;;;;;;;;;;;;;;;;;;;;;;;;/q16*-1;16*-2;12*+4. The summed E-state index contributed by atoms with van der Waals surface area (Å²) in [5, 5.41) is 152. The zero-order chi connectivity index (χ0) is 57.2. The first kappa shape index (κ1) is 314. The van der Waals surface area contributed by atoms with E-state index < -0.39 is 97.7 Å². The van der Waals surface area contributed by atoms with Gasteiger partial charge in [-0.1, -0.05) is 222 Å². The maximum absolute atomic E-state index is 9.53. The average Bonchev–Trinajstić information content (AvgIpc) is 2.83. The van der Waals surface area contributed by atoms with Gasteiger partial charge in [0.2, 0.25) is 0 Å². The Balaban J connectivity index is -0.00000000623. The van der Waals surface area contributed by atoms with Crippen LogP contribution in [0.2, 0.25) is 0 Å². The number of rotatable bonds is 0. The van der Waals surface area contributed by atoms with Crippen LogP contribution in [-0.2, 0) is 348 Å². The van der Waals surface area contributed by atoms with E-state index in [-0.39, 0.29) is 348 Å². The Morgan fingerprint density at radius 2 is 0.0870 bits per heavy atom. The SMILES string of the molecule is CC(C)[O-].CC(C)[O-].CC(C)[O-].CC(C)[O-].CC(C)[O-].CC(C)[O-].CC(C)[O-].CC(C)[O-].CC(C)[O-].CC(C)[O-].CC(C)[O-].CC(C)[O-].CC(C)[O-].CC(C)[O-].CC(C)[O-].CC(C)[O-].[O-2].[O-2].[O-2].[O-2].[O-2].[O-2].[O-2].[O-2].[O-2].[O-2].[O-2].[O-2].[O-2].[O-2].[O-2].[O-2].[Ti+4].[Ti+4].[Ti+4].[Ti+4].[Ti+4].[Ti+4].[Ti+4].[Ti+4].[Ti+4].[Ti+4].[Ti+4].[Ti+4]. The molecule has 0 spiro atoms. The van der Waals surface area contributed by atoms with Crippen molar-refractivity contribution in [3.05, 3.63) is 0 Å². The molecule has 0 bridgehead atoms. The number of hydrogen-bond donors (Lipinski definition) is 0. The quantitative estimate of drug-likeness (QED) is 0.204. The summed E-state index contributed by atoms with van der Waals surface area (Å²) in [6.07, 6.45) is -6.67. The maximum Gasteiger partial charge on any atom is 4.00 e. The summed E-state index contributed by atoms with van der Waals surface area (Å²) in [5.41, 5.74) is 0. The van der Waals surface area contributed by atoms with Gasteiger partial charge in [0.15, 0.2) is 0 Å². The van der Waals surface area contributed by atoms with Crippen LogP contribution in [0.25, 0.3) is 0 Å². The van der Waals surface area contributed by atoms with Crippen LogP contribution in [0.4, 0.5) is 0 Å². The molecule has 0 radical (unpaired) electrons. The first-order valence-electron chi connectivity index (χ1n) is 22.2. The molecule has 0 saturated carbocycles. The predicted octanol–water partition coefficient (Wildman–Crippen LogP) is -5.85. The second kappa shape index (κ2) is 304. The Bertz CT molecular complexity index is 397. The minimum atomic E-state index is -0.417. The van der Waals surface area contributed by atoms with E-state index in [1.54, 1.807) is 222 Å². The van der Waals surface area contributed by atoms with E-state index in [9.17, 15) is 81.7 Å². The van der Waals surface area contributed by atoms with Crippen LogP contribution in [-0.4, -0.2) is 97.7 Å². The fraction of sp³-hybridized carbons (Fsp3) is 1.00. The summed E-state index contributed by atoms with van der Waals surface area (Å²) in [5.74, 6) is 0. The zero-order valence-electron chi connectivity index (χ0n) is 60.3. The van der Waals surface area contributed by atoms with Crippen LogP contribution >= 0.6 is 0 Å². The third-order valence-electron chi connectivity index (χ3n) is 0. The van der Waals surface area contributed by atoms with Gasteiger partial charge in [-0.3, -0.25) is 0 Å². The van der Waals surface area contributed by atoms with Crippen molar-refractivity contribution in [3.8, 4) is 0 Å². The molecule has 32 nitrogen and oxygen atoms in total. The monoisotopic (exact) mass is 1780 g/mol. The maximum atomic E-state index is 9.53. The minimum Gasteiger partial charge on any atom is -2.00 e. The topological polar surface area (TPSA) is 825 Å². The fourth-order valence-electron chi connectivity index (χ4n) is 0. The van der Waals surface area contributed by atoms with Crippen molar-refractivity contribution in [1.82, 2.24) is 0 Å². The van der Waals surface area contributed by atoms with Gasteiger partial charge < -0.3 is 169 Å². The molecule has 544 valence electrons. The van der Waals surface area contributed by atoms with Crippen molar-refractivity contribution >= 4 is 0 Å². The van der Waals surface area contributed by atoms with Gasteiger partial charge in [0.05, 0.1) is 0 Å². The first-order valence-corrected chi connectivity index (χ1v) is 22.2. The molecular weight excluding hydrogens is 1660 g/mol. The summed E-state index contributed by atoms with van der Waals surface area (Å²) in [4.78, 5) is 0. The van der Waals surface area contributed by atoms with Gasteiger partial charge in [-0.05, 0) is 0 Å². The van der Waals surface area contributed by atoms with E-state index in [4.69, 9.17) is 0 Å². The number of hydrogen-bond acceptors (Lipinski definition) is 16. The average molecular weight is 1780 g/mol. The third-order valence-corrected chi connectivity index (χ3v) is 0. The molecule has 0 aliphatic rings. The van der Waals surface area contributed by atoms with Gasteiger partial charge in [0, 0.05) is 0 Å². The Labute approximate surface area is 739 Å². The molecule has 0 atom stereocenters. The van der Waals surface area contributed by atoms with Gasteiger partial charge >= 0.3 is 261 Å². The molecule has 0 aromatic heterocycles. The molecule has 0 rings (SSSR count). The molecule has 92 heavy (non-hydrogen) atoms. The Morgan fingerprint density at radius 3 is 0.0870 bits per heavy atom. The van der Waals surface area contributed by atoms with Crippen LogP contribution < -0.4 is 81.7 Å². The second-order valence-corrected chi connectivity index (χ2v) is 16.8. The second-order valence-electron chi connectivity index (χ2n) is 16.8. The van der Waals surface area contributed by atoms with E-state index in [2.05, 4.69) is 0 Å². The molecule has 0 unspecified atom stereocenters. The van der Waals surface area contributed by atoms with E-state index in [0.29, 0.717) is 0 Å². The van der Waals surface area contributed by atoms with Crippen molar-refractivity contribution in [3.63, 3.8) is 0 Å². The van der Waals surface area contributed by atoms with E-state index >= 15 is 0 Å². The van der Waals surface area contributed by atoms with Gasteiger partial charge in [-0.2, -0.15) is 0 Å². The molecular formula is C48H112O32Ti12. The van der Waals surface area contributed by atoms with Gasteiger partial charge in [0.25, 0.3) is 0 Å². The van der Waals surface area contributed by atoms with Crippen LogP contribution in [0, 0.1) is 0 Å².